The Morgan fingerprint density at radius 1 is 1.14 bits per heavy atom. The lowest BCUT2D eigenvalue weighted by atomic mass is 9.91. The van der Waals surface area contributed by atoms with Crippen molar-refractivity contribution in [1.29, 1.82) is 0 Å². The highest BCUT2D eigenvalue weighted by Crippen LogP contribution is 2.26. The van der Waals surface area contributed by atoms with E-state index in [1.807, 2.05) is 24.3 Å². The van der Waals surface area contributed by atoms with Gasteiger partial charge in [0.25, 0.3) is 5.91 Å². The summed E-state index contributed by atoms with van der Waals surface area (Å²) in [5.41, 5.74) is 1.76. The zero-order valence-corrected chi connectivity index (χ0v) is 17.7. The van der Waals surface area contributed by atoms with Crippen LogP contribution in [0.5, 0.6) is 0 Å². The van der Waals surface area contributed by atoms with Gasteiger partial charge >= 0.3 is 0 Å². The van der Waals surface area contributed by atoms with Crippen LogP contribution in [0.15, 0.2) is 69.6 Å². The summed E-state index contributed by atoms with van der Waals surface area (Å²) in [5, 5.41) is 11.7. The van der Waals surface area contributed by atoms with Crippen molar-refractivity contribution in [2.24, 2.45) is 4.99 Å². The molecule has 152 valence electrons. The van der Waals surface area contributed by atoms with Crippen molar-refractivity contribution in [1.82, 2.24) is 10.6 Å². The maximum absolute atomic E-state index is 12.1. The SMILES string of the molecule is CN=C(NCc1cccc(NC(=O)c2ccco2)c1)NCC(C)(C)c1cccs1. The molecule has 0 saturated heterocycles. The number of nitrogens with one attached hydrogen (secondary N) is 3. The fourth-order valence-electron chi connectivity index (χ4n) is 2.82. The minimum absolute atomic E-state index is 0.0157. The number of nitrogens with zero attached hydrogens (tertiary/aromatic N) is 1. The van der Waals surface area contributed by atoms with Crippen LogP contribution in [0.25, 0.3) is 0 Å². The maximum atomic E-state index is 12.1. The summed E-state index contributed by atoms with van der Waals surface area (Å²) in [7, 11) is 1.76. The van der Waals surface area contributed by atoms with Crippen LogP contribution in [-0.4, -0.2) is 25.5 Å². The van der Waals surface area contributed by atoms with E-state index in [1.165, 1.54) is 11.1 Å². The molecular formula is C22H26N4O2S. The molecule has 0 aliphatic carbocycles. The number of anilines is 1. The van der Waals surface area contributed by atoms with Gasteiger partial charge in [-0.25, -0.2) is 0 Å². The molecule has 2 heterocycles. The third kappa shape index (κ3) is 5.71. The molecule has 2 aromatic heterocycles. The van der Waals surface area contributed by atoms with Crippen molar-refractivity contribution in [3.63, 3.8) is 0 Å². The van der Waals surface area contributed by atoms with Gasteiger partial charge in [-0.1, -0.05) is 32.0 Å². The van der Waals surface area contributed by atoms with Crippen LogP contribution in [0.4, 0.5) is 5.69 Å². The number of guanidine groups is 1. The Kier molecular flexibility index (Phi) is 6.72. The van der Waals surface area contributed by atoms with Crippen LogP contribution in [0.2, 0.25) is 0 Å². The van der Waals surface area contributed by atoms with Gasteiger partial charge in [-0.2, -0.15) is 0 Å². The summed E-state index contributed by atoms with van der Waals surface area (Å²) in [6.07, 6.45) is 1.48. The van der Waals surface area contributed by atoms with Gasteiger partial charge in [0.2, 0.25) is 0 Å². The lowest BCUT2D eigenvalue weighted by molar-refractivity contribution is 0.0996. The molecule has 0 aliphatic rings. The molecule has 3 aromatic rings. The average molecular weight is 411 g/mol. The second kappa shape index (κ2) is 9.43. The van der Waals surface area contributed by atoms with E-state index in [9.17, 15) is 4.79 Å². The van der Waals surface area contributed by atoms with E-state index >= 15 is 0 Å². The van der Waals surface area contributed by atoms with E-state index in [2.05, 4.69) is 52.3 Å². The van der Waals surface area contributed by atoms with Crippen molar-refractivity contribution in [2.45, 2.75) is 25.8 Å². The number of thiophene rings is 1. The Balaban J connectivity index is 1.54. The molecule has 29 heavy (non-hydrogen) atoms. The molecule has 0 spiro atoms. The van der Waals surface area contributed by atoms with Crippen molar-refractivity contribution >= 4 is 28.9 Å². The number of carbonyl (C=O) groups excluding carboxylic acids is 1. The summed E-state index contributed by atoms with van der Waals surface area (Å²) in [6, 6.07) is 15.2. The molecule has 0 radical (unpaired) electrons. The predicted octanol–water partition coefficient (Wildman–Crippen LogP) is 4.24. The highest BCUT2D eigenvalue weighted by Gasteiger charge is 2.21. The first-order valence-corrected chi connectivity index (χ1v) is 10.3. The highest BCUT2D eigenvalue weighted by atomic mass is 32.1. The standard InChI is InChI=1S/C22H26N4O2S/c1-22(2,19-10-6-12-29-19)15-25-21(23-3)24-14-16-7-4-8-17(13-16)26-20(27)18-9-5-11-28-18/h4-13H,14-15H2,1-3H3,(H,26,27)(H2,23,24,25). The van der Waals surface area contributed by atoms with Crippen molar-refractivity contribution in [3.05, 3.63) is 76.4 Å². The fourth-order valence-corrected chi connectivity index (χ4v) is 3.67. The molecule has 7 heteroatoms. The molecule has 3 N–H and O–H groups in total. The van der Waals surface area contributed by atoms with Crippen LogP contribution < -0.4 is 16.0 Å². The number of carbonyl (C=O) groups is 1. The molecule has 3 rings (SSSR count). The van der Waals surface area contributed by atoms with E-state index in [0.29, 0.717) is 12.2 Å². The first-order chi connectivity index (χ1) is 14.0. The smallest absolute Gasteiger partial charge is 0.291 e. The Morgan fingerprint density at radius 2 is 2.00 bits per heavy atom. The summed E-state index contributed by atoms with van der Waals surface area (Å²) in [6.45, 7) is 5.78. The van der Waals surface area contributed by atoms with Crippen LogP contribution in [0, 0.1) is 0 Å². The Labute approximate surface area is 175 Å². The second-order valence-corrected chi connectivity index (χ2v) is 8.22. The summed E-state index contributed by atoms with van der Waals surface area (Å²) in [5.74, 6) is 0.750. The molecule has 6 nitrogen and oxygen atoms in total. The molecule has 0 fully saturated rings. The van der Waals surface area contributed by atoms with Gasteiger partial charge in [-0.3, -0.25) is 9.79 Å². The van der Waals surface area contributed by atoms with Crippen LogP contribution in [0.3, 0.4) is 0 Å². The third-order valence-electron chi connectivity index (χ3n) is 4.50. The summed E-state index contributed by atoms with van der Waals surface area (Å²) < 4.78 is 5.12. The quantitative estimate of drug-likeness (QED) is 0.402. The summed E-state index contributed by atoms with van der Waals surface area (Å²) >= 11 is 1.76. The Hall–Kier alpha value is -3.06. The molecular weight excluding hydrogens is 384 g/mol. The zero-order chi connectivity index (χ0) is 20.7. The molecule has 1 amide bonds. The molecule has 0 bridgehead atoms. The van der Waals surface area contributed by atoms with Gasteiger partial charge in [0.1, 0.15) is 0 Å². The molecule has 0 unspecified atom stereocenters. The Morgan fingerprint density at radius 3 is 2.69 bits per heavy atom. The second-order valence-electron chi connectivity index (χ2n) is 7.27. The van der Waals surface area contributed by atoms with Gasteiger partial charge in [0.05, 0.1) is 6.26 Å². The molecule has 1 aromatic carbocycles. The van der Waals surface area contributed by atoms with Gasteiger partial charge in [0, 0.05) is 36.1 Å². The summed E-state index contributed by atoms with van der Waals surface area (Å²) in [4.78, 5) is 17.8. The predicted molar refractivity (Wildman–Crippen MR) is 119 cm³/mol. The minimum Gasteiger partial charge on any atom is -0.459 e. The number of amides is 1. The van der Waals surface area contributed by atoms with Crippen LogP contribution >= 0.6 is 11.3 Å². The lowest BCUT2D eigenvalue weighted by Crippen LogP contribution is -2.42. The van der Waals surface area contributed by atoms with Gasteiger partial charge in [-0.15, -0.1) is 11.3 Å². The molecule has 0 saturated carbocycles. The zero-order valence-electron chi connectivity index (χ0n) is 16.9. The van der Waals surface area contributed by atoms with Gasteiger partial charge < -0.3 is 20.4 Å². The largest absolute Gasteiger partial charge is 0.459 e. The Bertz CT molecular complexity index is 947. The van der Waals surface area contributed by atoms with Gasteiger partial charge in [-0.05, 0) is 41.3 Å². The van der Waals surface area contributed by atoms with Crippen molar-refractivity contribution < 1.29 is 9.21 Å². The van der Waals surface area contributed by atoms with E-state index in [0.717, 1.165) is 18.1 Å². The van der Waals surface area contributed by atoms with E-state index < -0.39 is 0 Å². The topological polar surface area (TPSA) is 78.7 Å². The monoisotopic (exact) mass is 410 g/mol. The first-order valence-electron chi connectivity index (χ1n) is 9.40. The number of rotatable bonds is 7. The van der Waals surface area contributed by atoms with E-state index in [4.69, 9.17) is 4.42 Å². The average Bonchev–Trinajstić information content (AvgIpc) is 3.42. The number of aliphatic imine (C=N–C) groups is 1. The van der Waals surface area contributed by atoms with Gasteiger partial charge in [0.15, 0.2) is 11.7 Å². The number of hydrogen-bond acceptors (Lipinski definition) is 4. The number of hydrogen-bond donors (Lipinski definition) is 3. The fraction of sp³-hybridized carbons (Fsp3) is 0.273. The minimum atomic E-state index is -0.270. The van der Waals surface area contributed by atoms with Crippen molar-refractivity contribution in [2.75, 3.05) is 18.9 Å². The molecule has 0 atom stereocenters. The first kappa shape index (κ1) is 20.7. The van der Waals surface area contributed by atoms with E-state index in [1.54, 1.807) is 30.5 Å². The van der Waals surface area contributed by atoms with Crippen LogP contribution in [-0.2, 0) is 12.0 Å². The van der Waals surface area contributed by atoms with Crippen LogP contribution in [0.1, 0.15) is 34.8 Å². The third-order valence-corrected chi connectivity index (χ3v) is 5.74. The lowest BCUT2D eigenvalue weighted by Gasteiger charge is -2.25. The maximum Gasteiger partial charge on any atom is 0.291 e. The number of benzene rings is 1. The number of furan rings is 1. The highest BCUT2D eigenvalue weighted by molar-refractivity contribution is 7.10. The van der Waals surface area contributed by atoms with Crippen molar-refractivity contribution in [3.8, 4) is 0 Å². The molecule has 0 aliphatic heterocycles. The normalized spacial score (nSPS) is 11.9. The van der Waals surface area contributed by atoms with E-state index in [-0.39, 0.29) is 17.1 Å².